The van der Waals surface area contributed by atoms with Crippen molar-refractivity contribution in [3.8, 4) is 0 Å². The normalized spacial score (nSPS) is 12.1. The van der Waals surface area contributed by atoms with Crippen LogP contribution in [0.4, 0.5) is 4.39 Å². The van der Waals surface area contributed by atoms with Crippen LogP contribution >= 0.6 is 11.6 Å². The fraction of sp³-hybridized carbons (Fsp3) is 0.500. The fourth-order valence-electron chi connectivity index (χ4n) is 1.59. The minimum atomic E-state index is -3.87. The SMILES string of the molecule is CN(CCCCCO)S(=O)(=O)c1cccc(Cl)c1F. The van der Waals surface area contributed by atoms with Crippen LogP contribution in [0, 0.1) is 5.82 Å². The van der Waals surface area contributed by atoms with Crippen LogP contribution in [0.3, 0.4) is 0 Å². The van der Waals surface area contributed by atoms with Crippen LogP contribution in [-0.4, -0.2) is 38.0 Å². The van der Waals surface area contributed by atoms with Gasteiger partial charge in [-0.2, -0.15) is 0 Å². The van der Waals surface area contributed by atoms with E-state index in [0.29, 0.717) is 19.3 Å². The molecule has 0 fully saturated rings. The Bertz CT molecular complexity index is 522. The average molecular weight is 310 g/mol. The molecule has 0 aliphatic carbocycles. The molecule has 0 saturated carbocycles. The number of halogens is 2. The van der Waals surface area contributed by atoms with Crippen LogP contribution in [-0.2, 0) is 10.0 Å². The standard InChI is InChI=1S/C12H17ClFNO3S/c1-15(8-3-2-4-9-16)19(17,18)11-7-5-6-10(13)12(11)14/h5-7,16H,2-4,8-9H2,1H3. The second kappa shape index (κ2) is 7.19. The molecule has 0 saturated heterocycles. The molecule has 0 unspecified atom stereocenters. The van der Waals surface area contributed by atoms with Crippen molar-refractivity contribution < 1.29 is 17.9 Å². The van der Waals surface area contributed by atoms with Crippen LogP contribution in [0.1, 0.15) is 19.3 Å². The highest BCUT2D eigenvalue weighted by Gasteiger charge is 2.25. The third-order valence-corrected chi connectivity index (χ3v) is 4.90. The van der Waals surface area contributed by atoms with Crippen LogP contribution in [0.2, 0.25) is 5.02 Å². The molecule has 0 spiro atoms. The molecule has 4 nitrogen and oxygen atoms in total. The zero-order valence-corrected chi connectivity index (χ0v) is 12.2. The number of hydrogen-bond acceptors (Lipinski definition) is 3. The van der Waals surface area contributed by atoms with Gasteiger partial charge in [0.1, 0.15) is 4.90 Å². The second-order valence-corrected chi connectivity index (χ2v) is 6.58. The second-order valence-electron chi connectivity index (χ2n) is 4.16. The molecule has 0 radical (unpaired) electrons. The van der Waals surface area contributed by atoms with E-state index < -0.39 is 20.7 Å². The van der Waals surface area contributed by atoms with Crippen molar-refractivity contribution in [3.63, 3.8) is 0 Å². The molecule has 1 aromatic carbocycles. The van der Waals surface area contributed by atoms with Gasteiger partial charge in [-0.15, -0.1) is 0 Å². The Kier molecular flexibility index (Phi) is 6.19. The van der Waals surface area contributed by atoms with Crippen LogP contribution < -0.4 is 0 Å². The van der Waals surface area contributed by atoms with Crippen molar-refractivity contribution in [1.82, 2.24) is 4.31 Å². The number of aliphatic hydroxyl groups excluding tert-OH is 1. The Labute approximate surface area is 117 Å². The molecule has 0 aromatic heterocycles. The largest absolute Gasteiger partial charge is 0.396 e. The summed E-state index contributed by atoms with van der Waals surface area (Å²) >= 11 is 5.58. The van der Waals surface area contributed by atoms with Gasteiger partial charge in [-0.25, -0.2) is 17.1 Å². The van der Waals surface area contributed by atoms with Crippen molar-refractivity contribution >= 4 is 21.6 Å². The topological polar surface area (TPSA) is 57.6 Å². The van der Waals surface area contributed by atoms with Crippen molar-refractivity contribution in [2.45, 2.75) is 24.2 Å². The van der Waals surface area contributed by atoms with Gasteiger partial charge in [0.05, 0.1) is 5.02 Å². The highest BCUT2D eigenvalue weighted by atomic mass is 35.5. The van der Waals surface area contributed by atoms with E-state index in [2.05, 4.69) is 0 Å². The summed E-state index contributed by atoms with van der Waals surface area (Å²) in [6.07, 6.45) is 1.95. The van der Waals surface area contributed by atoms with Gasteiger partial charge in [0.2, 0.25) is 10.0 Å². The molecule has 0 heterocycles. The highest BCUT2D eigenvalue weighted by molar-refractivity contribution is 7.89. The van der Waals surface area contributed by atoms with Gasteiger partial charge < -0.3 is 5.11 Å². The van der Waals surface area contributed by atoms with E-state index in [-0.39, 0.29) is 18.2 Å². The maximum atomic E-state index is 13.7. The maximum Gasteiger partial charge on any atom is 0.245 e. The maximum absolute atomic E-state index is 13.7. The monoisotopic (exact) mass is 309 g/mol. The Hall–Kier alpha value is -0.690. The molecule has 19 heavy (non-hydrogen) atoms. The predicted molar refractivity (Wildman–Crippen MR) is 72.2 cm³/mol. The van der Waals surface area contributed by atoms with Crippen molar-refractivity contribution in [2.75, 3.05) is 20.2 Å². The molecule has 0 amide bonds. The highest BCUT2D eigenvalue weighted by Crippen LogP contribution is 2.24. The van der Waals surface area contributed by atoms with Gasteiger partial charge in [0.15, 0.2) is 5.82 Å². The number of benzene rings is 1. The van der Waals surface area contributed by atoms with E-state index in [1.54, 1.807) is 0 Å². The molecule has 7 heteroatoms. The summed E-state index contributed by atoms with van der Waals surface area (Å²) < 4.78 is 39.1. The first-order valence-corrected chi connectivity index (χ1v) is 7.74. The molecule has 108 valence electrons. The summed E-state index contributed by atoms with van der Waals surface area (Å²) in [5, 5.41) is 8.43. The first-order chi connectivity index (χ1) is 8.91. The lowest BCUT2D eigenvalue weighted by Gasteiger charge is -2.17. The van der Waals surface area contributed by atoms with E-state index in [1.165, 1.54) is 25.2 Å². The van der Waals surface area contributed by atoms with Gasteiger partial charge in [-0.05, 0) is 31.4 Å². The zero-order chi connectivity index (χ0) is 14.5. The number of sulfonamides is 1. The summed E-state index contributed by atoms with van der Waals surface area (Å²) in [4.78, 5) is -0.412. The van der Waals surface area contributed by atoms with E-state index in [9.17, 15) is 12.8 Å². The molecular weight excluding hydrogens is 293 g/mol. The Morgan fingerprint density at radius 2 is 2.00 bits per heavy atom. The van der Waals surface area contributed by atoms with Gasteiger partial charge in [0, 0.05) is 20.2 Å². The van der Waals surface area contributed by atoms with Gasteiger partial charge in [0.25, 0.3) is 0 Å². The Morgan fingerprint density at radius 1 is 1.32 bits per heavy atom. The average Bonchev–Trinajstić information content (AvgIpc) is 2.37. The van der Waals surface area contributed by atoms with Crippen LogP contribution in [0.5, 0.6) is 0 Å². The molecular formula is C12H17ClFNO3S. The Morgan fingerprint density at radius 3 is 2.63 bits per heavy atom. The van der Waals surface area contributed by atoms with Gasteiger partial charge >= 0.3 is 0 Å². The molecule has 1 N–H and O–H groups in total. The predicted octanol–water partition coefficient (Wildman–Crippen LogP) is 2.26. The van der Waals surface area contributed by atoms with Crippen LogP contribution in [0.25, 0.3) is 0 Å². The van der Waals surface area contributed by atoms with Crippen molar-refractivity contribution in [3.05, 3.63) is 29.0 Å². The van der Waals surface area contributed by atoms with Gasteiger partial charge in [-0.1, -0.05) is 17.7 Å². The summed E-state index contributed by atoms with van der Waals surface area (Å²) in [5.74, 6) is -0.925. The number of aliphatic hydroxyl groups is 1. The van der Waals surface area contributed by atoms with E-state index >= 15 is 0 Å². The third kappa shape index (κ3) is 4.14. The molecule has 0 aliphatic rings. The quantitative estimate of drug-likeness (QED) is 0.786. The Balaban J connectivity index is 2.82. The summed E-state index contributed by atoms with van der Waals surface area (Å²) in [6, 6.07) is 3.90. The lowest BCUT2D eigenvalue weighted by molar-refractivity contribution is 0.281. The third-order valence-electron chi connectivity index (χ3n) is 2.74. The number of nitrogens with zero attached hydrogens (tertiary/aromatic N) is 1. The zero-order valence-electron chi connectivity index (χ0n) is 10.6. The minimum absolute atomic E-state index is 0.0827. The minimum Gasteiger partial charge on any atom is -0.396 e. The van der Waals surface area contributed by atoms with Gasteiger partial charge in [-0.3, -0.25) is 0 Å². The van der Waals surface area contributed by atoms with E-state index in [1.807, 2.05) is 0 Å². The molecule has 1 aromatic rings. The molecule has 0 atom stereocenters. The van der Waals surface area contributed by atoms with Crippen molar-refractivity contribution in [2.24, 2.45) is 0 Å². The summed E-state index contributed by atoms with van der Waals surface area (Å²) in [6.45, 7) is 0.355. The first kappa shape index (κ1) is 16.4. The number of unbranched alkanes of at least 4 members (excludes halogenated alkanes) is 2. The van der Waals surface area contributed by atoms with Crippen molar-refractivity contribution in [1.29, 1.82) is 0 Å². The molecule has 0 aliphatic heterocycles. The van der Waals surface area contributed by atoms with E-state index in [4.69, 9.17) is 16.7 Å². The first-order valence-electron chi connectivity index (χ1n) is 5.92. The fourth-order valence-corrected chi connectivity index (χ4v) is 3.12. The number of hydrogen-bond donors (Lipinski definition) is 1. The molecule has 0 bridgehead atoms. The molecule has 1 rings (SSSR count). The van der Waals surface area contributed by atoms with E-state index in [0.717, 1.165) is 4.31 Å². The smallest absolute Gasteiger partial charge is 0.245 e. The number of rotatable bonds is 7. The van der Waals surface area contributed by atoms with Crippen LogP contribution in [0.15, 0.2) is 23.1 Å². The lowest BCUT2D eigenvalue weighted by Crippen LogP contribution is -2.28. The summed E-state index contributed by atoms with van der Waals surface area (Å²) in [7, 11) is -2.47. The summed E-state index contributed by atoms with van der Waals surface area (Å²) in [5.41, 5.74) is 0. The lowest BCUT2D eigenvalue weighted by atomic mass is 10.2.